The third-order valence-electron chi connectivity index (χ3n) is 4.02. The maximum Gasteiger partial charge on any atom is -0.0171 e. The van der Waals surface area contributed by atoms with Gasteiger partial charge in [0.1, 0.15) is 0 Å². The first-order valence-corrected chi connectivity index (χ1v) is 7.69. The van der Waals surface area contributed by atoms with Crippen LogP contribution in [0.3, 0.4) is 0 Å². The minimum atomic E-state index is 1.20. The third-order valence-corrected chi connectivity index (χ3v) is 4.02. The van der Waals surface area contributed by atoms with E-state index in [1.54, 1.807) is 0 Å². The molecule has 0 aliphatic rings. The molecular formula is C20H21. The molecule has 0 nitrogen and oxygen atoms in total. The minimum Gasteiger partial charge on any atom is -0.0654 e. The predicted octanol–water partition coefficient (Wildman–Crippen LogP) is 5.92. The lowest BCUT2D eigenvalue weighted by Crippen LogP contribution is -1.86. The van der Waals surface area contributed by atoms with Crippen molar-refractivity contribution in [3.63, 3.8) is 0 Å². The molecule has 0 aromatic heterocycles. The van der Waals surface area contributed by atoms with Gasteiger partial charge in [-0.05, 0) is 64.2 Å². The van der Waals surface area contributed by atoms with Gasteiger partial charge in [0, 0.05) is 0 Å². The Bertz CT molecular complexity index is 709. The van der Waals surface area contributed by atoms with E-state index in [0.29, 0.717) is 0 Å². The molecule has 0 aliphatic heterocycles. The summed E-state index contributed by atoms with van der Waals surface area (Å²) in [5.41, 5.74) is 1.47. The Labute approximate surface area is 121 Å². The largest absolute Gasteiger partial charge is 0.0654 e. The molecule has 0 atom stereocenters. The zero-order valence-electron chi connectivity index (χ0n) is 12.2. The van der Waals surface area contributed by atoms with Crippen molar-refractivity contribution in [1.82, 2.24) is 0 Å². The second kappa shape index (κ2) is 6.09. The molecule has 0 aliphatic carbocycles. The molecule has 0 saturated heterocycles. The molecule has 3 aromatic carbocycles. The van der Waals surface area contributed by atoms with Crippen LogP contribution in [0.5, 0.6) is 0 Å². The zero-order chi connectivity index (χ0) is 13.8. The molecule has 0 heteroatoms. The van der Waals surface area contributed by atoms with Gasteiger partial charge in [-0.1, -0.05) is 56.5 Å². The van der Waals surface area contributed by atoms with E-state index in [1.165, 1.54) is 59.2 Å². The Kier molecular flexibility index (Phi) is 4.01. The summed E-state index contributed by atoms with van der Waals surface area (Å²) in [6.45, 7) is 2.26. The minimum absolute atomic E-state index is 1.20. The molecule has 0 N–H and O–H groups in total. The maximum atomic E-state index is 3.15. The summed E-state index contributed by atoms with van der Waals surface area (Å²) in [5, 5.41) is 5.26. The van der Waals surface area contributed by atoms with E-state index in [9.17, 15) is 0 Å². The summed E-state index contributed by atoms with van der Waals surface area (Å²) < 4.78 is 0. The van der Waals surface area contributed by atoms with Crippen LogP contribution in [-0.2, 0) is 6.42 Å². The second-order valence-electron chi connectivity index (χ2n) is 5.62. The highest BCUT2D eigenvalue weighted by molar-refractivity contribution is 5.98. The number of aryl methyl sites for hydroxylation is 1. The molecule has 20 heavy (non-hydrogen) atoms. The number of rotatable bonds is 5. The normalized spacial score (nSPS) is 11.2. The quantitative estimate of drug-likeness (QED) is 0.395. The summed E-state index contributed by atoms with van der Waals surface area (Å²) >= 11 is 0. The first-order valence-electron chi connectivity index (χ1n) is 7.69. The van der Waals surface area contributed by atoms with Crippen molar-refractivity contribution >= 4 is 21.5 Å². The van der Waals surface area contributed by atoms with Crippen LogP contribution in [-0.4, -0.2) is 0 Å². The van der Waals surface area contributed by atoms with Crippen LogP contribution in [0.1, 0.15) is 38.2 Å². The molecule has 1 radical (unpaired) electrons. The summed E-state index contributed by atoms with van der Waals surface area (Å²) in [4.78, 5) is 0. The highest BCUT2D eigenvalue weighted by Crippen LogP contribution is 2.24. The lowest BCUT2D eigenvalue weighted by Gasteiger charge is -2.06. The third kappa shape index (κ3) is 2.85. The van der Waals surface area contributed by atoms with Gasteiger partial charge in [0.25, 0.3) is 0 Å². The lowest BCUT2D eigenvalue weighted by molar-refractivity contribution is 0.667. The fourth-order valence-corrected chi connectivity index (χ4v) is 2.84. The molecule has 0 heterocycles. The van der Waals surface area contributed by atoms with Crippen molar-refractivity contribution in [2.24, 2.45) is 0 Å². The van der Waals surface area contributed by atoms with Crippen LogP contribution < -0.4 is 0 Å². The average Bonchev–Trinajstić information content (AvgIpc) is 2.49. The molecule has 0 spiro atoms. The van der Waals surface area contributed by atoms with Gasteiger partial charge in [0.15, 0.2) is 0 Å². The summed E-state index contributed by atoms with van der Waals surface area (Å²) in [6, 6.07) is 20.8. The van der Waals surface area contributed by atoms with Crippen molar-refractivity contribution in [3.05, 3.63) is 60.2 Å². The summed E-state index contributed by atoms with van der Waals surface area (Å²) in [6.07, 6.45) is 6.52. The Morgan fingerprint density at radius 3 is 2.55 bits per heavy atom. The average molecular weight is 261 g/mol. The summed E-state index contributed by atoms with van der Waals surface area (Å²) in [7, 11) is 0. The number of benzene rings is 3. The van der Waals surface area contributed by atoms with E-state index < -0.39 is 0 Å². The van der Waals surface area contributed by atoms with Crippen molar-refractivity contribution < 1.29 is 0 Å². The molecule has 3 rings (SSSR count). The smallest absolute Gasteiger partial charge is 0.0171 e. The van der Waals surface area contributed by atoms with Gasteiger partial charge < -0.3 is 0 Å². The topological polar surface area (TPSA) is 0 Å². The molecule has 0 fully saturated rings. The van der Waals surface area contributed by atoms with Crippen LogP contribution >= 0.6 is 0 Å². The molecule has 0 unspecified atom stereocenters. The fourth-order valence-electron chi connectivity index (χ4n) is 2.84. The Hall–Kier alpha value is -1.82. The van der Waals surface area contributed by atoms with Crippen molar-refractivity contribution in [3.8, 4) is 0 Å². The van der Waals surface area contributed by atoms with Crippen LogP contribution in [0.15, 0.2) is 48.5 Å². The number of hydrogen-bond donors (Lipinski definition) is 0. The summed E-state index contributed by atoms with van der Waals surface area (Å²) in [5.74, 6) is 0. The standard InChI is InChI=1S/C20H21/c1-2-3-4-5-8-16-11-12-19-14-17-9-6-7-10-18(17)15-20(19)13-16/h7,9-15H,2-5,8H2,1H3. The second-order valence-corrected chi connectivity index (χ2v) is 5.62. The van der Waals surface area contributed by atoms with E-state index in [-0.39, 0.29) is 0 Å². The van der Waals surface area contributed by atoms with Gasteiger partial charge in [-0.3, -0.25) is 0 Å². The first kappa shape index (κ1) is 13.2. The highest BCUT2D eigenvalue weighted by Gasteiger charge is 2.00. The number of fused-ring (bicyclic) bond motifs is 2. The van der Waals surface area contributed by atoms with Crippen molar-refractivity contribution in [2.75, 3.05) is 0 Å². The van der Waals surface area contributed by atoms with Gasteiger partial charge in [-0.15, -0.1) is 0 Å². The fraction of sp³-hybridized carbons (Fsp3) is 0.300. The Morgan fingerprint density at radius 2 is 1.65 bits per heavy atom. The van der Waals surface area contributed by atoms with E-state index in [0.717, 1.165) is 0 Å². The van der Waals surface area contributed by atoms with Gasteiger partial charge in [0.05, 0.1) is 0 Å². The predicted molar refractivity (Wildman–Crippen MR) is 88.1 cm³/mol. The van der Waals surface area contributed by atoms with E-state index in [2.05, 4.69) is 55.5 Å². The molecule has 0 bridgehead atoms. The number of unbranched alkanes of at least 4 members (excludes halogenated alkanes) is 3. The molecule has 0 saturated carbocycles. The van der Waals surface area contributed by atoms with E-state index in [1.807, 2.05) is 6.07 Å². The lowest BCUT2D eigenvalue weighted by atomic mass is 9.99. The van der Waals surface area contributed by atoms with Gasteiger partial charge in [-0.25, -0.2) is 0 Å². The Morgan fingerprint density at radius 1 is 0.800 bits per heavy atom. The maximum absolute atomic E-state index is 3.15. The highest BCUT2D eigenvalue weighted by atomic mass is 14.0. The first-order chi connectivity index (χ1) is 9.86. The Balaban J connectivity index is 1.88. The number of hydrogen-bond acceptors (Lipinski definition) is 0. The van der Waals surface area contributed by atoms with E-state index >= 15 is 0 Å². The van der Waals surface area contributed by atoms with Crippen molar-refractivity contribution in [2.45, 2.75) is 39.0 Å². The van der Waals surface area contributed by atoms with E-state index in [4.69, 9.17) is 0 Å². The van der Waals surface area contributed by atoms with Gasteiger partial charge in [-0.2, -0.15) is 0 Å². The van der Waals surface area contributed by atoms with Crippen LogP contribution in [0.2, 0.25) is 0 Å². The molecular weight excluding hydrogens is 240 g/mol. The van der Waals surface area contributed by atoms with Gasteiger partial charge in [0.2, 0.25) is 0 Å². The molecule has 101 valence electrons. The molecule has 0 amide bonds. The zero-order valence-corrected chi connectivity index (χ0v) is 12.2. The van der Waals surface area contributed by atoms with Crippen LogP contribution in [0, 0.1) is 6.07 Å². The SMILES string of the molecule is CCCCCCc1ccc2cc3c[c]ccc3cc2c1. The molecule has 3 aromatic rings. The monoisotopic (exact) mass is 261 g/mol. The van der Waals surface area contributed by atoms with Crippen molar-refractivity contribution in [1.29, 1.82) is 0 Å². The van der Waals surface area contributed by atoms with Crippen LogP contribution in [0.25, 0.3) is 21.5 Å². The van der Waals surface area contributed by atoms with Crippen LogP contribution in [0.4, 0.5) is 0 Å². The van der Waals surface area contributed by atoms with Gasteiger partial charge >= 0.3 is 0 Å².